The highest BCUT2D eigenvalue weighted by Crippen LogP contribution is 2.35. The van der Waals surface area contributed by atoms with Gasteiger partial charge in [-0.05, 0) is 6.42 Å². The molecular weight excluding hydrogens is 206 g/mol. The molecule has 0 aromatic carbocycles. The lowest BCUT2D eigenvalue weighted by Crippen LogP contribution is -1.94. The van der Waals surface area contributed by atoms with Crippen LogP contribution < -0.4 is 0 Å². The van der Waals surface area contributed by atoms with Gasteiger partial charge >= 0.3 is 7.82 Å². The van der Waals surface area contributed by atoms with Crippen molar-refractivity contribution in [2.24, 2.45) is 0 Å². The van der Waals surface area contributed by atoms with Crippen molar-refractivity contribution in [3.05, 3.63) is 0 Å². The topological polar surface area (TPSA) is 76.0 Å². The molecule has 0 fully saturated rings. The lowest BCUT2D eigenvalue weighted by atomic mass is 10.3. The Morgan fingerprint density at radius 2 is 1.92 bits per heavy atom. The van der Waals surface area contributed by atoms with E-state index in [0.717, 1.165) is 19.3 Å². The zero-order chi connectivity index (χ0) is 8.74. The average molecular weight is 221 g/mol. The first-order valence-corrected chi connectivity index (χ1v) is 4.96. The van der Waals surface area contributed by atoms with Crippen LogP contribution in [-0.4, -0.2) is 16.4 Å². The molecule has 2 N–H and O–H groups in total. The third-order valence-corrected chi connectivity index (χ3v) is 1.28. The summed E-state index contributed by atoms with van der Waals surface area (Å²) in [6.07, 6.45) is 2.74. The summed E-state index contributed by atoms with van der Waals surface area (Å²) in [6, 6.07) is 0. The highest BCUT2D eigenvalue weighted by Gasteiger charge is 2.14. The second-order valence-corrected chi connectivity index (χ2v) is 3.22. The van der Waals surface area contributed by atoms with Gasteiger partial charge in [-0.25, -0.2) is 9.45 Å². The predicted octanol–water partition coefficient (Wildman–Crippen LogP) is 1.64. The third kappa shape index (κ3) is 13.0. The molecule has 0 spiro atoms. The van der Waals surface area contributed by atoms with Crippen LogP contribution in [0.1, 0.15) is 26.2 Å². The standard InChI is InChI=1S/C5H13O5P.ClH/c1-2-3-4-5-9-10-11(6,7)8;/h2-5H2,1H3,(H2,6,7,8);1H. The summed E-state index contributed by atoms with van der Waals surface area (Å²) in [4.78, 5) is 20.5. The van der Waals surface area contributed by atoms with Gasteiger partial charge in [0, 0.05) is 0 Å². The molecule has 0 saturated heterocycles. The average Bonchev–Trinajstić information content (AvgIpc) is 1.85. The van der Waals surface area contributed by atoms with Gasteiger partial charge in [-0.1, -0.05) is 19.8 Å². The molecule has 0 atom stereocenters. The Morgan fingerprint density at radius 3 is 2.33 bits per heavy atom. The largest absolute Gasteiger partial charge is 0.496 e. The molecule has 0 heterocycles. The Bertz CT molecular complexity index is 136. The molecule has 0 aromatic rings. The van der Waals surface area contributed by atoms with Crippen molar-refractivity contribution in [3.8, 4) is 0 Å². The first kappa shape index (κ1) is 14.9. The van der Waals surface area contributed by atoms with E-state index in [9.17, 15) is 4.57 Å². The van der Waals surface area contributed by atoms with Crippen molar-refractivity contribution in [2.75, 3.05) is 6.61 Å². The molecule has 0 radical (unpaired) electrons. The van der Waals surface area contributed by atoms with Crippen LogP contribution in [0.15, 0.2) is 0 Å². The van der Waals surface area contributed by atoms with Gasteiger partial charge < -0.3 is 9.79 Å². The van der Waals surface area contributed by atoms with Crippen molar-refractivity contribution in [3.63, 3.8) is 0 Å². The number of phosphoric acid groups is 1. The van der Waals surface area contributed by atoms with Gasteiger partial charge in [0.05, 0.1) is 6.61 Å². The van der Waals surface area contributed by atoms with Crippen LogP contribution in [0.2, 0.25) is 0 Å². The fourth-order valence-electron chi connectivity index (χ4n) is 0.517. The zero-order valence-electron chi connectivity index (χ0n) is 6.80. The van der Waals surface area contributed by atoms with Gasteiger partial charge in [0.15, 0.2) is 0 Å². The van der Waals surface area contributed by atoms with Crippen LogP contribution in [0.4, 0.5) is 0 Å². The monoisotopic (exact) mass is 220 g/mol. The number of rotatable bonds is 6. The second kappa shape index (κ2) is 7.98. The first-order chi connectivity index (χ1) is 5.06. The van der Waals surface area contributed by atoms with E-state index in [2.05, 4.69) is 9.56 Å². The maximum atomic E-state index is 10.0. The van der Waals surface area contributed by atoms with Crippen molar-refractivity contribution in [1.29, 1.82) is 0 Å². The molecule has 0 saturated carbocycles. The van der Waals surface area contributed by atoms with Gasteiger partial charge in [-0.2, -0.15) is 0 Å². The van der Waals surface area contributed by atoms with Crippen molar-refractivity contribution in [2.45, 2.75) is 26.2 Å². The number of halogens is 1. The highest BCUT2D eigenvalue weighted by atomic mass is 35.5. The number of hydrogen-bond donors (Lipinski definition) is 2. The molecule has 0 amide bonds. The lowest BCUT2D eigenvalue weighted by molar-refractivity contribution is -0.222. The molecule has 0 aliphatic carbocycles. The zero-order valence-corrected chi connectivity index (χ0v) is 8.51. The molecule has 76 valence electrons. The predicted molar refractivity (Wildman–Crippen MR) is 45.9 cm³/mol. The normalized spacial score (nSPS) is 10.9. The summed E-state index contributed by atoms with van der Waals surface area (Å²) in [5.41, 5.74) is 0. The minimum absolute atomic E-state index is 0. The van der Waals surface area contributed by atoms with Crippen LogP contribution in [0.5, 0.6) is 0 Å². The fourth-order valence-corrected chi connectivity index (χ4v) is 0.729. The Balaban J connectivity index is 0. The smallest absolute Gasteiger partial charge is 0.301 e. The maximum Gasteiger partial charge on any atom is 0.496 e. The van der Waals surface area contributed by atoms with Gasteiger partial charge in [0.25, 0.3) is 0 Å². The molecule has 0 aromatic heterocycles. The molecule has 0 aliphatic heterocycles. The number of hydrogen-bond acceptors (Lipinski definition) is 3. The highest BCUT2D eigenvalue weighted by molar-refractivity contribution is 7.46. The van der Waals surface area contributed by atoms with Gasteiger partial charge in [-0.15, -0.1) is 17.1 Å². The Kier molecular flexibility index (Phi) is 9.88. The Hall–Kier alpha value is 0.360. The van der Waals surface area contributed by atoms with E-state index in [1.165, 1.54) is 0 Å². The summed E-state index contributed by atoms with van der Waals surface area (Å²) >= 11 is 0. The fraction of sp³-hybridized carbons (Fsp3) is 1.00. The molecule has 5 nitrogen and oxygen atoms in total. The van der Waals surface area contributed by atoms with Crippen LogP contribution in [0.25, 0.3) is 0 Å². The number of unbranched alkanes of at least 4 members (excludes halogenated alkanes) is 2. The summed E-state index contributed by atoms with van der Waals surface area (Å²) in [5.74, 6) is 0. The molecule has 0 aliphatic rings. The minimum atomic E-state index is -4.44. The van der Waals surface area contributed by atoms with Crippen LogP contribution in [-0.2, 0) is 14.1 Å². The molecule has 12 heavy (non-hydrogen) atoms. The Morgan fingerprint density at radius 1 is 1.33 bits per heavy atom. The molecule has 0 unspecified atom stereocenters. The van der Waals surface area contributed by atoms with Crippen LogP contribution >= 0.6 is 20.2 Å². The summed E-state index contributed by atoms with van der Waals surface area (Å²) in [6.45, 7) is 2.24. The van der Waals surface area contributed by atoms with Gasteiger partial charge in [-0.3, -0.25) is 0 Å². The summed E-state index contributed by atoms with van der Waals surface area (Å²) < 4.78 is 13.8. The van der Waals surface area contributed by atoms with Crippen LogP contribution in [0.3, 0.4) is 0 Å². The van der Waals surface area contributed by atoms with E-state index in [0.29, 0.717) is 0 Å². The van der Waals surface area contributed by atoms with Gasteiger partial charge in [0.2, 0.25) is 0 Å². The van der Waals surface area contributed by atoms with Crippen molar-refractivity contribution < 1.29 is 23.9 Å². The third-order valence-electron chi connectivity index (χ3n) is 0.981. The van der Waals surface area contributed by atoms with E-state index < -0.39 is 7.82 Å². The quantitative estimate of drug-likeness (QED) is 0.308. The summed E-state index contributed by atoms with van der Waals surface area (Å²) in [7, 11) is -4.44. The molecule has 0 bridgehead atoms. The second-order valence-electron chi connectivity index (χ2n) is 2.09. The Labute approximate surface area is 77.6 Å². The molecule has 0 rings (SSSR count). The van der Waals surface area contributed by atoms with Crippen molar-refractivity contribution >= 4 is 20.2 Å². The van der Waals surface area contributed by atoms with E-state index in [4.69, 9.17) is 9.79 Å². The minimum Gasteiger partial charge on any atom is -0.301 e. The molecular formula is C5H14ClO5P. The first-order valence-electron chi connectivity index (χ1n) is 3.43. The van der Waals surface area contributed by atoms with E-state index in [1.807, 2.05) is 6.92 Å². The molecule has 7 heteroatoms. The van der Waals surface area contributed by atoms with Crippen LogP contribution in [0, 0.1) is 0 Å². The van der Waals surface area contributed by atoms with E-state index in [1.54, 1.807) is 0 Å². The van der Waals surface area contributed by atoms with E-state index >= 15 is 0 Å². The van der Waals surface area contributed by atoms with Crippen molar-refractivity contribution in [1.82, 2.24) is 0 Å². The lowest BCUT2D eigenvalue weighted by Gasteiger charge is -2.02. The summed E-state index contributed by atoms with van der Waals surface area (Å²) in [5, 5.41) is 0. The van der Waals surface area contributed by atoms with Gasteiger partial charge in [0.1, 0.15) is 0 Å². The van der Waals surface area contributed by atoms with E-state index in [-0.39, 0.29) is 19.0 Å². The maximum absolute atomic E-state index is 10.0. The SMILES string of the molecule is CCCCCOOP(=O)(O)O.Cl.